The highest BCUT2D eigenvalue weighted by Crippen LogP contribution is 2.30. The topological polar surface area (TPSA) is 106 Å². The number of nitrogens with one attached hydrogen (secondary N) is 1. The molecule has 1 unspecified atom stereocenters. The summed E-state index contributed by atoms with van der Waals surface area (Å²) in [6, 6.07) is 12.2. The number of carboxylic acid groups (broad SMARTS) is 1. The van der Waals surface area contributed by atoms with E-state index in [0.29, 0.717) is 28.9 Å². The first-order chi connectivity index (χ1) is 14.7. The Kier molecular flexibility index (Phi) is 6.44. The van der Waals surface area contributed by atoms with Gasteiger partial charge in [0.2, 0.25) is 0 Å². The van der Waals surface area contributed by atoms with Crippen LogP contribution < -0.4 is 15.7 Å². The molecule has 3 aromatic rings. The van der Waals surface area contributed by atoms with Gasteiger partial charge in [0.1, 0.15) is 17.4 Å². The average molecular weight is 423 g/mol. The third kappa shape index (κ3) is 4.77. The number of amides is 1. The zero-order valence-electron chi connectivity index (χ0n) is 17.9. The first kappa shape index (κ1) is 22.1. The number of hydrogen-bond donors (Lipinski definition) is 2. The van der Waals surface area contributed by atoms with Crippen LogP contribution in [0.1, 0.15) is 36.1 Å². The summed E-state index contributed by atoms with van der Waals surface area (Å²) in [6.07, 6.45) is -0.454. The summed E-state index contributed by atoms with van der Waals surface area (Å²) in [7, 11) is 0. The van der Waals surface area contributed by atoms with Crippen LogP contribution in [0.15, 0.2) is 51.7 Å². The Hall–Kier alpha value is -3.61. The first-order valence-corrected chi connectivity index (χ1v) is 9.98. The molecule has 31 heavy (non-hydrogen) atoms. The normalized spacial score (nSPS) is 12.9. The fourth-order valence-corrected chi connectivity index (χ4v) is 3.34. The van der Waals surface area contributed by atoms with Crippen molar-refractivity contribution < 1.29 is 23.8 Å². The lowest BCUT2D eigenvalue weighted by Crippen LogP contribution is -2.44. The van der Waals surface area contributed by atoms with E-state index in [4.69, 9.17) is 14.3 Å². The predicted octanol–water partition coefficient (Wildman–Crippen LogP) is 3.36. The van der Waals surface area contributed by atoms with Crippen LogP contribution in [0.4, 0.5) is 0 Å². The van der Waals surface area contributed by atoms with Gasteiger partial charge in [-0.05, 0) is 51.0 Å². The summed E-state index contributed by atoms with van der Waals surface area (Å²) < 4.78 is 11.4. The van der Waals surface area contributed by atoms with Crippen LogP contribution in [0.25, 0.3) is 11.0 Å². The van der Waals surface area contributed by atoms with Crippen molar-refractivity contribution in [2.24, 2.45) is 0 Å². The molecule has 2 atom stereocenters. The van der Waals surface area contributed by atoms with E-state index in [0.717, 1.165) is 16.5 Å². The third-order valence-electron chi connectivity index (χ3n) is 5.28. The third-order valence-corrected chi connectivity index (χ3v) is 5.28. The van der Waals surface area contributed by atoms with Crippen molar-refractivity contribution in [1.29, 1.82) is 0 Å². The SMILES string of the molecule is Cc1c(Cc2ccccc2)c(=O)oc2c(C)c(OC(C)C(=O)N[C@@H](C)C(=O)O)ccc12. The number of rotatable bonds is 7. The standard InChI is InChI=1S/C24H25NO6/c1-13-18-10-11-20(30-16(4)22(26)25-15(3)23(27)28)14(2)21(18)31-24(29)19(13)12-17-8-6-5-7-9-17/h5-11,15-16H,12H2,1-4H3,(H,25,26)(H,27,28)/t15-,16?/m0/s1. The van der Waals surface area contributed by atoms with Crippen LogP contribution in [0.3, 0.4) is 0 Å². The summed E-state index contributed by atoms with van der Waals surface area (Å²) in [5, 5.41) is 12.1. The van der Waals surface area contributed by atoms with E-state index in [1.165, 1.54) is 13.8 Å². The molecule has 1 aromatic heterocycles. The molecule has 2 aromatic carbocycles. The van der Waals surface area contributed by atoms with Crippen LogP contribution in [0.2, 0.25) is 0 Å². The van der Waals surface area contributed by atoms with Crippen LogP contribution in [-0.4, -0.2) is 29.1 Å². The Balaban J connectivity index is 1.90. The highest BCUT2D eigenvalue weighted by Gasteiger charge is 2.22. The van der Waals surface area contributed by atoms with Crippen molar-refractivity contribution in [1.82, 2.24) is 5.32 Å². The van der Waals surface area contributed by atoms with Crippen LogP contribution in [0, 0.1) is 13.8 Å². The van der Waals surface area contributed by atoms with Gasteiger partial charge in [-0.1, -0.05) is 30.3 Å². The first-order valence-electron chi connectivity index (χ1n) is 9.98. The van der Waals surface area contributed by atoms with E-state index in [2.05, 4.69) is 5.32 Å². The van der Waals surface area contributed by atoms with Crippen LogP contribution >= 0.6 is 0 Å². The Morgan fingerprint density at radius 1 is 1.06 bits per heavy atom. The number of aryl methyl sites for hydroxylation is 2. The number of ether oxygens (including phenoxy) is 1. The number of carboxylic acids is 1. The highest BCUT2D eigenvalue weighted by atomic mass is 16.5. The van der Waals surface area contributed by atoms with Crippen molar-refractivity contribution in [2.45, 2.75) is 46.3 Å². The van der Waals surface area contributed by atoms with Gasteiger partial charge in [0.15, 0.2) is 6.10 Å². The van der Waals surface area contributed by atoms with Crippen molar-refractivity contribution in [3.05, 3.63) is 75.1 Å². The summed E-state index contributed by atoms with van der Waals surface area (Å²) in [5.74, 6) is -1.30. The number of benzene rings is 2. The maximum Gasteiger partial charge on any atom is 0.340 e. The monoisotopic (exact) mass is 423 g/mol. The predicted molar refractivity (Wildman–Crippen MR) is 117 cm³/mol. The van der Waals surface area contributed by atoms with Crippen molar-refractivity contribution in [3.8, 4) is 5.75 Å². The molecule has 0 saturated carbocycles. The second kappa shape index (κ2) is 9.04. The van der Waals surface area contributed by atoms with E-state index in [-0.39, 0.29) is 0 Å². The molecule has 3 rings (SSSR count). The Morgan fingerprint density at radius 2 is 1.74 bits per heavy atom. The lowest BCUT2D eigenvalue weighted by atomic mass is 9.98. The Labute approximate surface area is 179 Å². The molecule has 0 aliphatic rings. The lowest BCUT2D eigenvalue weighted by Gasteiger charge is -2.18. The number of hydrogen-bond acceptors (Lipinski definition) is 5. The second-order valence-electron chi connectivity index (χ2n) is 7.55. The Morgan fingerprint density at radius 3 is 2.39 bits per heavy atom. The molecule has 1 heterocycles. The molecule has 1 amide bonds. The van der Waals surface area contributed by atoms with E-state index in [9.17, 15) is 14.4 Å². The molecular formula is C24H25NO6. The van der Waals surface area contributed by atoms with Gasteiger partial charge in [-0.3, -0.25) is 9.59 Å². The smallest absolute Gasteiger partial charge is 0.340 e. The van der Waals surface area contributed by atoms with Gasteiger partial charge >= 0.3 is 11.6 Å². The summed E-state index contributed by atoms with van der Waals surface area (Å²) in [5.41, 5.74) is 3.05. The quantitative estimate of drug-likeness (QED) is 0.565. The van der Waals surface area contributed by atoms with Crippen molar-refractivity contribution in [2.75, 3.05) is 0 Å². The van der Waals surface area contributed by atoms with Gasteiger partial charge in [-0.2, -0.15) is 0 Å². The molecule has 0 fully saturated rings. The van der Waals surface area contributed by atoms with Crippen molar-refractivity contribution >= 4 is 22.8 Å². The molecular weight excluding hydrogens is 398 g/mol. The minimum absolute atomic E-state index is 0.386. The molecule has 0 radical (unpaired) electrons. The van der Waals surface area contributed by atoms with E-state index in [1.54, 1.807) is 19.1 Å². The molecule has 0 spiro atoms. The number of carbonyl (C=O) groups is 2. The Bertz CT molecular complexity index is 1180. The van der Waals surface area contributed by atoms with E-state index < -0.39 is 29.6 Å². The largest absolute Gasteiger partial charge is 0.480 e. The molecule has 162 valence electrons. The van der Waals surface area contributed by atoms with Crippen LogP contribution in [-0.2, 0) is 16.0 Å². The second-order valence-corrected chi connectivity index (χ2v) is 7.55. The molecule has 0 aliphatic carbocycles. The zero-order valence-corrected chi connectivity index (χ0v) is 17.9. The van der Waals surface area contributed by atoms with E-state index in [1.807, 2.05) is 37.3 Å². The number of fused-ring (bicyclic) bond motifs is 1. The molecule has 7 heteroatoms. The lowest BCUT2D eigenvalue weighted by molar-refractivity contribution is -0.142. The highest BCUT2D eigenvalue weighted by molar-refractivity contribution is 5.87. The minimum Gasteiger partial charge on any atom is -0.480 e. The molecule has 7 nitrogen and oxygen atoms in total. The molecule has 0 aliphatic heterocycles. The van der Waals surface area contributed by atoms with Crippen molar-refractivity contribution in [3.63, 3.8) is 0 Å². The molecule has 0 bridgehead atoms. The van der Waals surface area contributed by atoms with Gasteiger partial charge in [0.05, 0.1) is 0 Å². The maximum atomic E-state index is 12.7. The van der Waals surface area contributed by atoms with Crippen LogP contribution in [0.5, 0.6) is 5.75 Å². The minimum atomic E-state index is -1.13. The number of aliphatic carboxylic acids is 1. The summed E-state index contributed by atoms with van der Waals surface area (Å²) in [6.45, 7) is 6.54. The van der Waals surface area contributed by atoms with Gasteiger partial charge in [0.25, 0.3) is 5.91 Å². The van der Waals surface area contributed by atoms with Gasteiger partial charge in [-0.25, -0.2) is 4.79 Å². The van der Waals surface area contributed by atoms with Gasteiger partial charge < -0.3 is 19.6 Å². The fourth-order valence-electron chi connectivity index (χ4n) is 3.34. The maximum absolute atomic E-state index is 12.7. The molecule has 2 N–H and O–H groups in total. The fraction of sp³-hybridized carbons (Fsp3) is 0.292. The zero-order chi connectivity index (χ0) is 22.7. The number of carbonyl (C=O) groups excluding carboxylic acids is 1. The summed E-state index contributed by atoms with van der Waals surface area (Å²) in [4.78, 5) is 35.8. The average Bonchev–Trinajstić information content (AvgIpc) is 2.74. The molecule has 0 saturated heterocycles. The van der Waals surface area contributed by atoms with E-state index >= 15 is 0 Å². The summed E-state index contributed by atoms with van der Waals surface area (Å²) >= 11 is 0. The van der Waals surface area contributed by atoms with Gasteiger partial charge in [0, 0.05) is 22.9 Å². The van der Waals surface area contributed by atoms with Gasteiger partial charge in [-0.15, -0.1) is 0 Å².